The number of anilines is 1. The molecule has 4 heterocycles. The average Bonchev–Trinajstić information content (AvgIpc) is 3.39. The Balaban J connectivity index is 1.49. The number of carbonyl (C=O) groups is 1. The molecule has 1 aromatic carbocycles. The molecule has 1 amide bonds. The first kappa shape index (κ1) is 21.2. The van der Waals surface area contributed by atoms with Crippen LogP contribution < -0.4 is 20.3 Å². The molecule has 0 bridgehead atoms. The van der Waals surface area contributed by atoms with Crippen molar-refractivity contribution in [3.05, 3.63) is 81.6 Å². The van der Waals surface area contributed by atoms with Gasteiger partial charge in [0.1, 0.15) is 15.8 Å². The second kappa shape index (κ2) is 8.72. The predicted molar refractivity (Wildman–Crippen MR) is 131 cm³/mol. The zero-order valence-corrected chi connectivity index (χ0v) is 18.9. The van der Waals surface area contributed by atoms with Crippen LogP contribution in [0.3, 0.4) is 0 Å². The first-order valence-electron chi connectivity index (χ1n) is 10.0. The number of hydrogen-bond acceptors (Lipinski definition) is 8. The lowest BCUT2D eigenvalue weighted by molar-refractivity contribution is -0.122. The van der Waals surface area contributed by atoms with Crippen LogP contribution in [0.5, 0.6) is 11.5 Å². The van der Waals surface area contributed by atoms with E-state index in [9.17, 15) is 9.59 Å². The third kappa shape index (κ3) is 3.98. The van der Waals surface area contributed by atoms with E-state index in [1.807, 2.05) is 18.2 Å². The summed E-state index contributed by atoms with van der Waals surface area (Å²) < 4.78 is 12.6. The number of nitrogens with one attached hydrogen (secondary N) is 1. The van der Waals surface area contributed by atoms with Gasteiger partial charge in [0.25, 0.3) is 11.5 Å². The van der Waals surface area contributed by atoms with Crippen LogP contribution in [0.4, 0.5) is 5.82 Å². The Morgan fingerprint density at radius 3 is 2.91 bits per heavy atom. The Bertz CT molecular complexity index is 1400. The van der Waals surface area contributed by atoms with E-state index >= 15 is 0 Å². The normalized spacial score (nSPS) is 16.1. The highest BCUT2D eigenvalue weighted by Crippen LogP contribution is 2.36. The van der Waals surface area contributed by atoms with Crippen molar-refractivity contribution in [1.82, 2.24) is 14.3 Å². The number of rotatable bonds is 6. The Hall–Kier alpha value is -3.63. The highest BCUT2D eigenvalue weighted by atomic mass is 32.2. The largest absolute Gasteiger partial charge is 0.454 e. The Labute approximate surface area is 198 Å². The van der Waals surface area contributed by atoms with E-state index < -0.39 is 0 Å². The molecule has 0 radical (unpaired) electrons. The summed E-state index contributed by atoms with van der Waals surface area (Å²) in [6, 6.07) is 10.8. The van der Waals surface area contributed by atoms with Gasteiger partial charge in [0.2, 0.25) is 6.79 Å². The van der Waals surface area contributed by atoms with Crippen molar-refractivity contribution in [1.29, 1.82) is 0 Å². The van der Waals surface area contributed by atoms with Gasteiger partial charge in [0, 0.05) is 12.7 Å². The number of fused-ring (bicyclic) bond motifs is 2. The molecule has 166 valence electrons. The molecule has 3 aromatic rings. The molecule has 2 aliphatic rings. The summed E-state index contributed by atoms with van der Waals surface area (Å²) >= 11 is 6.62. The minimum absolute atomic E-state index is 0.181. The number of hydrogen-bond donors (Lipinski definition) is 1. The second-order valence-corrected chi connectivity index (χ2v) is 8.91. The maximum absolute atomic E-state index is 13.2. The van der Waals surface area contributed by atoms with Gasteiger partial charge in [-0.25, -0.2) is 4.98 Å². The molecule has 10 heteroatoms. The van der Waals surface area contributed by atoms with E-state index in [4.69, 9.17) is 21.7 Å². The predicted octanol–water partition coefficient (Wildman–Crippen LogP) is 3.42. The van der Waals surface area contributed by atoms with E-state index in [2.05, 4.69) is 16.9 Å². The monoisotopic (exact) mass is 478 g/mol. The van der Waals surface area contributed by atoms with Gasteiger partial charge in [0.05, 0.1) is 17.0 Å². The summed E-state index contributed by atoms with van der Waals surface area (Å²) in [5, 5.41) is 3.09. The van der Waals surface area contributed by atoms with Gasteiger partial charge in [0.15, 0.2) is 11.5 Å². The lowest BCUT2D eigenvalue weighted by Crippen LogP contribution is -2.27. The Kier molecular flexibility index (Phi) is 5.61. The third-order valence-electron chi connectivity index (χ3n) is 5.11. The first-order chi connectivity index (χ1) is 16.0. The van der Waals surface area contributed by atoms with Crippen LogP contribution in [-0.4, -0.2) is 37.8 Å². The fraction of sp³-hybridized carbons (Fsp3) is 0.130. The van der Waals surface area contributed by atoms with Crippen LogP contribution >= 0.6 is 24.0 Å². The van der Waals surface area contributed by atoms with Crippen molar-refractivity contribution in [3.8, 4) is 11.5 Å². The molecule has 0 aliphatic carbocycles. The second-order valence-electron chi connectivity index (χ2n) is 7.23. The molecule has 0 saturated carbocycles. The van der Waals surface area contributed by atoms with Crippen molar-refractivity contribution in [2.75, 3.05) is 18.7 Å². The number of aromatic nitrogens is 2. The first-order valence-corrected chi connectivity index (χ1v) is 11.3. The van der Waals surface area contributed by atoms with Crippen LogP contribution in [-0.2, 0) is 11.3 Å². The standard InChI is InChI=1S/C23H18N4O4S2/c1-2-8-24-20-15(21(28)26-9-4-3-5-19(26)25-20)11-18-22(29)27(23(32)33-18)12-14-6-7-16-17(10-14)31-13-30-16/h2-7,9-11,24H,1,8,12-13H2/b18-11+. The molecule has 0 atom stereocenters. The third-order valence-corrected chi connectivity index (χ3v) is 6.49. The van der Waals surface area contributed by atoms with Gasteiger partial charge in [-0.1, -0.05) is 42.2 Å². The van der Waals surface area contributed by atoms with Crippen LogP contribution in [0.2, 0.25) is 0 Å². The summed E-state index contributed by atoms with van der Waals surface area (Å²) in [5.74, 6) is 1.43. The van der Waals surface area contributed by atoms with E-state index in [-0.39, 0.29) is 30.4 Å². The number of nitrogens with zero attached hydrogens (tertiary/aromatic N) is 3. The Morgan fingerprint density at radius 1 is 1.21 bits per heavy atom. The van der Waals surface area contributed by atoms with Crippen molar-refractivity contribution >= 4 is 51.7 Å². The summed E-state index contributed by atoms with van der Waals surface area (Å²) in [6.07, 6.45) is 4.87. The topological polar surface area (TPSA) is 85.2 Å². The fourth-order valence-corrected chi connectivity index (χ4v) is 4.76. The highest BCUT2D eigenvalue weighted by molar-refractivity contribution is 8.26. The van der Waals surface area contributed by atoms with E-state index in [1.165, 1.54) is 9.30 Å². The number of ether oxygens (including phenoxy) is 2. The van der Waals surface area contributed by atoms with Gasteiger partial charge in [-0.2, -0.15) is 0 Å². The average molecular weight is 479 g/mol. The van der Waals surface area contributed by atoms with Gasteiger partial charge >= 0.3 is 0 Å². The molecule has 1 saturated heterocycles. The minimum Gasteiger partial charge on any atom is -0.454 e. The number of pyridine rings is 1. The van der Waals surface area contributed by atoms with Crippen molar-refractivity contribution in [2.45, 2.75) is 6.54 Å². The number of carbonyl (C=O) groups excluding carboxylic acids is 1. The highest BCUT2D eigenvalue weighted by Gasteiger charge is 2.33. The quantitative estimate of drug-likeness (QED) is 0.328. The zero-order valence-electron chi connectivity index (χ0n) is 17.3. The summed E-state index contributed by atoms with van der Waals surface area (Å²) in [5.41, 5.74) is 1.36. The number of amides is 1. The summed E-state index contributed by atoms with van der Waals surface area (Å²) in [6.45, 7) is 4.58. The van der Waals surface area contributed by atoms with Gasteiger partial charge in [-0.05, 0) is 35.9 Å². The maximum Gasteiger partial charge on any atom is 0.267 e. The lowest BCUT2D eigenvalue weighted by atomic mass is 10.2. The molecule has 2 aromatic heterocycles. The molecule has 8 nitrogen and oxygen atoms in total. The van der Waals surface area contributed by atoms with Gasteiger partial charge in [-0.15, -0.1) is 6.58 Å². The van der Waals surface area contributed by atoms with E-state index in [0.717, 1.165) is 17.3 Å². The Morgan fingerprint density at radius 2 is 2.06 bits per heavy atom. The molecular formula is C23H18N4O4S2. The van der Waals surface area contributed by atoms with Gasteiger partial charge < -0.3 is 14.8 Å². The van der Waals surface area contributed by atoms with Crippen molar-refractivity contribution < 1.29 is 14.3 Å². The molecule has 0 unspecified atom stereocenters. The number of thiocarbonyl (C=S) groups is 1. The smallest absolute Gasteiger partial charge is 0.267 e. The number of thioether (sulfide) groups is 1. The fourth-order valence-electron chi connectivity index (χ4n) is 3.53. The van der Waals surface area contributed by atoms with Crippen LogP contribution in [0.1, 0.15) is 11.1 Å². The minimum atomic E-state index is -0.284. The zero-order chi connectivity index (χ0) is 22.9. The lowest BCUT2D eigenvalue weighted by Gasteiger charge is -2.14. The van der Waals surface area contributed by atoms with Gasteiger partial charge in [-0.3, -0.25) is 18.9 Å². The number of benzene rings is 1. The molecule has 1 fully saturated rings. The molecule has 1 N–H and O–H groups in total. The van der Waals surface area contributed by atoms with E-state index in [0.29, 0.717) is 38.7 Å². The maximum atomic E-state index is 13.2. The summed E-state index contributed by atoms with van der Waals surface area (Å²) in [4.78, 5) is 32.8. The van der Waals surface area contributed by atoms with E-state index in [1.54, 1.807) is 36.5 Å². The molecule has 5 rings (SSSR count). The summed E-state index contributed by atoms with van der Waals surface area (Å²) in [7, 11) is 0. The van der Waals surface area contributed by atoms with Crippen LogP contribution in [0.25, 0.3) is 11.7 Å². The molecular weight excluding hydrogens is 460 g/mol. The molecule has 2 aliphatic heterocycles. The molecule has 33 heavy (non-hydrogen) atoms. The van der Waals surface area contributed by atoms with Crippen LogP contribution in [0, 0.1) is 0 Å². The van der Waals surface area contributed by atoms with Crippen molar-refractivity contribution in [3.63, 3.8) is 0 Å². The molecule has 0 spiro atoms. The van der Waals surface area contributed by atoms with Crippen molar-refractivity contribution in [2.24, 2.45) is 0 Å². The van der Waals surface area contributed by atoms with Crippen LogP contribution in [0.15, 0.2) is 64.9 Å². The SMILES string of the molecule is C=CCNc1nc2ccccn2c(=O)c1/C=C1/SC(=S)N(Cc2ccc3c(c2)OCO3)C1=O.